The first-order valence-corrected chi connectivity index (χ1v) is 7.12. The van der Waals surface area contributed by atoms with Gasteiger partial charge in [-0.05, 0) is 32.9 Å². The lowest BCUT2D eigenvalue weighted by molar-refractivity contribution is 0.0971. The third kappa shape index (κ3) is 5.61. The van der Waals surface area contributed by atoms with E-state index in [1.807, 2.05) is 31.2 Å². The van der Waals surface area contributed by atoms with E-state index in [2.05, 4.69) is 29.5 Å². The smallest absolute Gasteiger partial charge is 0.191 e. The van der Waals surface area contributed by atoms with E-state index in [4.69, 9.17) is 9.47 Å². The molecule has 1 heterocycles. The molecule has 1 aromatic carbocycles. The summed E-state index contributed by atoms with van der Waals surface area (Å²) in [6.45, 7) is 8.15. The Morgan fingerprint density at radius 2 is 2.05 bits per heavy atom. The van der Waals surface area contributed by atoms with Crippen LogP contribution in [0.2, 0.25) is 0 Å². The number of halogens is 1. The molecule has 1 atom stereocenters. The van der Waals surface area contributed by atoms with Gasteiger partial charge in [0.15, 0.2) is 23.6 Å². The molecular formula is C15H24IN3O2. The molecule has 0 fully saturated rings. The third-order valence-electron chi connectivity index (χ3n) is 2.79. The highest BCUT2D eigenvalue weighted by Gasteiger charge is 2.20. The number of benzene rings is 1. The Balaban J connectivity index is 0.00000220. The average molecular weight is 405 g/mol. The van der Waals surface area contributed by atoms with Crippen LogP contribution in [0.3, 0.4) is 0 Å². The molecule has 0 bridgehead atoms. The largest absolute Gasteiger partial charge is 0.486 e. The van der Waals surface area contributed by atoms with Crippen LogP contribution in [0.5, 0.6) is 11.5 Å². The van der Waals surface area contributed by atoms with E-state index in [-0.39, 0.29) is 30.1 Å². The summed E-state index contributed by atoms with van der Waals surface area (Å²) in [4.78, 5) is 4.54. The van der Waals surface area contributed by atoms with Crippen LogP contribution in [-0.4, -0.2) is 37.8 Å². The molecule has 118 valence electrons. The maximum atomic E-state index is 5.88. The molecule has 0 radical (unpaired) electrons. The van der Waals surface area contributed by atoms with Crippen LogP contribution < -0.4 is 20.1 Å². The van der Waals surface area contributed by atoms with Gasteiger partial charge in [-0.2, -0.15) is 0 Å². The predicted octanol–water partition coefficient (Wildman–Crippen LogP) is 2.41. The molecule has 2 N–H and O–H groups in total. The van der Waals surface area contributed by atoms with E-state index in [0.29, 0.717) is 19.2 Å². The van der Waals surface area contributed by atoms with Crippen molar-refractivity contribution in [1.29, 1.82) is 0 Å². The number of hydrogen-bond acceptors (Lipinski definition) is 3. The lowest BCUT2D eigenvalue weighted by atomic mass is 10.2. The van der Waals surface area contributed by atoms with Crippen LogP contribution >= 0.6 is 24.0 Å². The van der Waals surface area contributed by atoms with E-state index in [0.717, 1.165) is 24.0 Å². The maximum Gasteiger partial charge on any atom is 0.191 e. The van der Waals surface area contributed by atoms with E-state index in [9.17, 15) is 0 Å². The zero-order valence-corrected chi connectivity index (χ0v) is 15.1. The van der Waals surface area contributed by atoms with Gasteiger partial charge in [0.2, 0.25) is 0 Å². The summed E-state index contributed by atoms with van der Waals surface area (Å²) in [5.41, 5.74) is 0. The van der Waals surface area contributed by atoms with Crippen molar-refractivity contribution in [3.63, 3.8) is 0 Å². The van der Waals surface area contributed by atoms with Crippen LogP contribution in [0.4, 0.5) is 0 Å². The summed E-state index contributed by atoms with van der Waals surface area (Å²) < 4.78 is 11.6. The number of rotatable bonds is 4. The lowest BCUT2D eigenvalue weighted by Gasteiger charge is -2.25. The van der Waals surface area contributed by atoms with Crippen molar-refractivity contribution in [1.82, 2.24) is 10.6 Å². The van der Waals surface area contributed by atoms with Crippen LogP contribution in [0.1, 0.15) is 20.8 Å². The fourth-order valence-corrected chi connectivity index (χ4v) is 1.94. The van der Waals surface area contributed by atoms with Crippen molar-refractivity contribution in [2.45, 2.75) is 32.9 Å². The van der Waals surface area contributed by atoms with Gasteiger partial charge in [-0.15, -0.1) is 24.0 Å². The van der Waals surface area contributed by atoms with Crippen LogP contribution in [0.25, 0.3) is 0 Å². The summed E-state index contributed by atoms with van der Waals surface area (Å²) in [5, 5.41) is 6.50. The second kappa shape index (κ2) is 8.96. The normalized spacial score (nSPS) is 17.1. The Kier molecular flexibility index (Phi) is 7.63. The first-order valence-electron chi connectivity index (χ1n) is 7.12. The van der Waals surface area contributed by atoms with Gasteiger partial charge < -0.3 is 20.1 Å². The van der Waals surface area contributed by atoms with Gasteiger partial charge in [0.1, 0.15) is 6.61 Å². The minimum absolute atomic E-state index is 0. The molecule has 1 unspecified atom stereocenters. The average Bonchev–Trinajstić information content (AvgIpc) is 2.44. The van der Waals surface area contributed by atoms with Crippen LogP contribution in [-0.2, 0) is 0 Å². The van der Waals surface area contributed by atoms with Crippen molar-refractivity contribution < 1.29 is 9.47 Å². The Bertz CT molecular complexity index is 466. The maximum absolute atomic E-state index is 5.88. The van der Waals surface area contributed by atoms with Crippen LogP contribution in [0, 0.1) is 0 Å². The highest BCUT2D eigenvalue weighted by Crippen LogP contribution is 2.30. The van der Waals surface area contributed by atoms with Gasteiger partial charge in [-0.1, -0.05) is 12.1 Å². The highest BCUT2D eigenvalue weighted by molar-refractivity contribution is 14.0. The molecule has 1 aromatic rings. The van der Waals surface area contributed by atoms with Crippen molar-refractivity contribution in [2.24, 2.45) is 4.99 Å². The molecule has 21 heavy (non-hydrogen) atoms. The predicted molar refractivity (Wildman–Crippen MR) is 96.0 cm³/mol. The van der Waals surface area contributed by atoms with E-state index in [1.54, 1.807) is 0 Å². The number of nitrogens with one attached hydrogen (secondary N) is 2. The number of ether oxygens (including phenoxy) is 2. The van der Waals surface area contributed by atoms with E-state index >= 15 is 0 Å². The molecule has 1 aliphatic heterocycles. The van der Waals surface area contributed by atoms with Crippen molar-refractivity contribution in [3.8, 4) is 11.5 Å². The van der Waals surface area contributed by atoms with E-state index < -0.39 is 0 Å². The topological polar surface area (TPSA) is 54.9 Å². The first-order chi connectivity index (χ1) is 9.69. The second-order valence-electron chi connectivity index (χ2n) is 5.02. The molecule has 0 aliphatic carbocycles. The summed E-state index contributed by atoms with van der Waals surface area (Å²) in [5.74, 6) is 2.41. The van der Waals surface area contributed by atoms with Crippen molar-refractivity contribution in [3.05, 3.63) is 24.3 Å². The number of fused-ring (bicyclic) bond motifs is 1. The van der Waals surface area contributed by atoms with Gasteiger partial charge in [-0.3, -0.25) is 0 Å². The van der Waals surface area contributed by atoms with Gasteiger partial charge in [0.25, 0.3) is 0 Å². The molecule has 6 heteroatoms. The van der Waals surface area contributed by atoms with Gasteiger partial charge in [0.05, 0.1) is 6.54 Å². The molecule has 0 spiro atoms. The van der Waals surface area contributed by atoms with Crippen LogP contribution in [0.15, 0.2) is 29.3 Å². The van der Waals surface area contributed by atoms with E-state index in [1.165, 1.54) is 0 Å². The summed E-state index contributed by atoms with van der Waals surface area (Å²) in [6, 6.07) is 8.06. The molecule has 1 aliphatic rings. The molecule has 5 nitrogen and oxygen atoms in total. The third-order valence-corrected chi connectivity index (χ3v) is 2.79. The molecular weight excluding hydrogens is 381 g/mol. The summed E-state index contributed by atoms with van der Waals surface area (Å²) in [7, 11) is 0. The number of hydrogen-bond donors (Lipinski definition) is 2. The number of guanidine groups is 1. The SMILES string of the molecule is CCNC(=NCC1COc2ccccc2O1)NC(C)C.I. The van der Waals surface area contributed by atoms with Gasteiger partial charge in [-0.25, -0.2) is 4.99 Å². The Labute approximate surface area is 143 Å². The molecule has 0 saturated heterocycles. The Morgan fingerprint density at radius 1 is 1.33 bits per heavy atom. The second-order valence-corrected chi connectivity index (χ2v) is 5.02. The molecule has 0 aromatic heterocycles. The fraction of sp³-hybridized carbons (Fsp3) is 0.533. The minimum atomic E-state index is -0.0486. The Morgan fingerprint density at radius 3 is 2.71 bits per heavy atom. The molecule has 2 rings (SSSR count). The fourth-order valence-electron chi connectivity index (χ4n) is 1.94. The quantitative estimate of drug-likeness (QED) is 0.459. The monoisotopic (exact) mass is 405 g/mol. The molecule has 0 amide bonds. The summed E-state index contributed by atoms with van der Waals surface area (Å²) in [6.07, 6.45) is -0.0486. The first kappa shape index (κ1) is 17.9. The number of aliphatic imine (C=N–C) groups is 1. The van der Waals surface area contributed by atoms with Crippen molar-refractivity contribution >= 4 is 29.9 Å². The number of para-hydroxylation sites is 2. The zero-order chi connectivity index (χ0) is 14.4. The summed E-state index contributed by atoms with van der Waals surface area (Å²) >= 11 is 0. The Hall–Kier alpha value is -1.18. The van der Waals surface area contributed by atoms with Crippen molar-refractivity contribution in [2.75, 3.05) is 19.7 Å². The molecule has 0 saturated carbocycles. The highest BCUT2D eigenvalue weighted by atomic mass is 127. The lowest BCUT2D eigenvalue weighted by Crippen LogP contribution is -2.42. The number of nitrogens with zero attached hydrogens (tertiary/aromatic N) is 1. The van der Waals surface area contributed by atoms with Gasteiger partial charge in [0, 0.05) is 12.6 Å². The minimum Gasteiger partial charge on any atom is -0.486 e. The standard InChI is InChI=1S/C15H23N3O2.HI/c1-4-16-15(18-11(2)3)17-9-12-10-19-13-7-5-6-8-14(13)20-12;/h5-8,11-12H,4,9-10H2,1-3H3,(H2,16,17,18);1H. The van der Waals surface area contributed by atoms with Gasteiger partial charge >= 0.3 is 0 Å². The zero-order valence-electron chi connectivity index (χ0n) is 12.8.